The van der Waals surface area contributed by atoms with Crippen LogP contribution in [0.5, 0.6) is 0 Å². The van der Waals surface area contributed by atoms with Gasteiger partial charge in [0.1, 0.15) is 6.61 Å². The number of rotatable bonds is 3. The first-order valence-electron chi connectivity index (χ1n) is 9.96. The average Bonchev–Trinajstić information content (AvgIpc) is 3.06. The second-order valence-corrected chi connectivity index (χ2v) is 7.93. The lowest BCUT2D eigenvalue weighted by atomic mass is 9.85. The first-order chi connectivity index (χ1) is 13.9. The van der Waals surface area contributed by atoms with E-state index in [9.17, 15) is 9.59 Å². The number of ether oxygens (including phenoxy) is 2. The molecule has 148 valence electrons. The summed E-state index contributed by atoms with van der Waals surface area (Å²) in [6, 6.07) is 11.9. The van der Waals surface area contributed by atoms with Gasteiger partial charge < -0.3 is 14.0 Å². The molecule has 0 spiro atoms. The van der Waals surface area contributed by atoms with Crippen molar-refractivity contribution in [2.45, 2.75) is 52.0 Å². The fourth-order valence-corrected chi connectivity index (χ4v) is 4.51. The maximum atomic E-state index is 13.4. The average molecular weight is 390 g/mol. The van der Waals surface area contributed by atoms with Gasteiger partial charge in [0.15, 0.2) is 5.60 Å². The van der Waals surface area contributed by atoms with Crippen molar-refractivity contribution >= 4 is 16.9 Å². The van der Waals surface area contributed by atoms with E-state index in [-0.39, 0.29) is 18.3 Å². The number of hydrogen-bond donors (Lipinski definition) is 0. The Bertz CT molecular complexity index is 1230. The molecule has 0 N–H and O–H groups in total. The van der Waals surface area contributed by atoms with E-state index in [0.717, 1.165) is 27.9 Å². The van der Waals surface area contributed by atoms with Gasteiger partial charge in [0.05, 0.1) is 35.1 Å². The van der Waals surface area contributed by atoms with E-state index in [2.05, 4.69) is 6.07 Å². The molecule has 0 unspecified atom stereocenters. The number of aromatic nitrogens is 2. The Hall–Kier alpha value is -2.99. The Morgan fingerprint density at radius 2 is 2.03 bits per heavy atom. The summed E-state index contributed by atoms with van der Waals surface area (Å²) < 4.78 is 13.2. The number of nitrogens with zero attached hydrogens (tertiary/aromatic N) is 2. The van der Waals surface area contributed by atoms with Gasteiger partial charge in [0.2, 0.25) is 0 Å². The lowest BCUT2D eigenvalue weighted by Gasteiger charge is -2.37. The highest BCUT2D eigenvalue weighted by atomic mass is 16.6. The molecular formula is C23H22N2O4. The van der Waals surface area contributed by atoms with Gasteiger partial charge >= 0.3 is 5.97 Å². The van der Waals surface area contributed by atoms with Crippen LogP contribution in [0.15, 0.2) is 41.2 Å². The summed E-state index contributed by atoms with van der Waals surface area (Å²) in [6.07, 6.45) is 0.191. The zero-order chi connectivity index (χ0) is 20.3. The van der Waals surface area contributed by atoms with Crippen LogP contribution in [-0.2, 0) is 33.0 Å². The Labute approximate surface area is 168 Å². The van der Waals surface area contributed by atoms with Gasteiger partial charge in [-0.3, -0.25) is 4.79 Å². The Kier molecular flexibility index (Phi) is 3.90. The molecule has 1 atom stereocenters. The van der Waals surface area contributed by atoms with Crippen LogP contribution in [0.2, 0.25) is 0 Å². The van der Waals surface area contributed by atoms with E-state index in [0.29, 0.717) is 24.1 Å². The summed E-state index contributed by atoms with van der Waals surface area (Å²) in [4.78, 5) is 31.0. The van der Waals surface area contributed by atoms with E-state index in [1.807, 2.05) is 51.1 Å². The van der Waals surface area contributed by atoms with Crippen molar-refractivity contribution in [3.8, 4) is 11.4 Å². The quantitative estimate of drug-likeness (QED) is 0.501. The van der Waals surface area contributed by atoms with E-state index in [4.69, 9.17) is 14.5 Å². The molecule has 0 saturated carbocycles. The van der Waals surface area contributed by atoms with Gasteiger partial charge in [0, 0.05) is 16.5 Å². The highest BCUT2D eigenvalue weighted by Crippen LogP contribution is 2.41. The molecule has 0 amide bonds. The molecule has 2 aromatic heterocycles. The van der Waals surface area contributed by atoms with Crippen LogP contribution >= 0.6 is 0 Å². The zero-order valence-electron chi connectivity index (χ0n) is 16.7. The molecule has 2 aliphatic rings. The van der Waals surface area contributed by atoms with Gasteiger partial charge in [-0.2, -0.15) is 0 Å². The lowest BCUT2D eigenvalue weighted by Crippen LogP contribution is -2.47. The molecule has 6 nitrogen and oxygen atoms in total. The number of carbonyl (C=O) groups excluding carboxylic acids is 1. The summed E-state index contributed by atoms with van der Waals surface area (Å²) in [7, 11) is 0. The fourth-order valence-electron chi connectivity index (χ4n) is 4.51. The number of para-hydroxylation sites is 1. The SMILES string of the molecule is CC[C@@]1(OC(C)C)C(=O)OCc2c1cc1n(c2=O)Cc2cc3ccccc3nc2-1. The number of hydrogen-bond acceptors (Lipinski definition) is 5. The summed E-state index contributed by atoms with van der Waals surface area (Å²) in [5, 5.41) is 1.04. The van der Waals surface area contributed by atoms with Crippen LogP contribution in [0, 0.1) is 0 Å². The minimum Gasteiger partial charge on any atom is -0.458 e. The Balaban J connectivity index is 1.78. The van der Waals surface area contributed by atoms with Crippen LogP contribution in [0.3, 0.4) is 0 Å². The number of fused-ring (bicyclic) bond motifs is 5. The normalized spacial score (nSPS) is 19.8. The van der Waals surface area contributed by atoms with Crippen molar-refractivity contribution in [1.82, 2.24) is 9.55 Å². The molecule has 4 heterocycles. The van der Waals surface area contributed by atoms with E-state index in [1.165, 1.54) is 0 Å². The predicted octanol–water partition coefficient (Wildman–Crippen LogP) is 3.51. The Morgan fingerprint density at radius 1 is 1.24 bits per heavy atom. The molecule has 6 heteroatoms. The van der Waals surface area contributed by atoms with E-state index in [1.54, 1.807) is 4.57 Å². The third-order valence-electron chi connectivity index (χ3n) is 5.82. The van der Waals surface area contributed by atoms with Crippen molar-refractivity contribution in [2.75, 3.05) is 0 Å². The zero-order valence-corrected chi connectivity index (χ0v) is 16.7. The fraction of sp³-hybridized carbons (Fsp3) is 0.348. The molecule has 5 rings (SSSR count). The maximum absolute atomic E-state index is 13.4. The minimum absolute atomic E-state index is 0.0256. The third-order valence-corrected chi connectivity index (χ3v) is 5.82. The third kappa shape index (κ3) is 2.48. The van der Waals surface area contributed by atoms with Gasteiger partial charge in [-0.05, 0) is 38.5 Å². The van der Waals surface area contributed by atoms with Gasteiger partial charge in [0.25, 0.3) is 5.56 Å². The smallest absolute Gasteiger partial charge is 0.343 e. The largest absolute Gasteiger partial charge is 0.458 e. The van der Waals surface area contributed by atoms with Crippen molar-refractivity contribution < 1.29 is 14.3 Å². The van der Waals surface area contributed by atoms with Crippen molar-refractivity contribution in [3.63, 3.8) is 0 Å². The number of benzene rings is 1. The second kappa shape index (κ2) is 6.26. The van der Waals surface area contributed by atoms with Crippen LogP contribution in [-0.4, -0.2) is 21.6 Å². The van der Waals surface area contributed by atoms with Crippen LogP contribution in [0.4, 0.5) is 0 Å². The first-order valence-corrected chi connectivity index (χ1v) is 9.96. The van der Waals surface area contributed by atoms with Gasteiger partial charge in [-0.1, -0.05) is 25.1 Å². The van der Waals surface area contributed by atoms with Crippen LogP contribution in [0.1, 0.15) is 43.9 Å². The van der Waals surface area contributed by atoms with E-state index >= 15 is 0 Å². The molecule has 0 bridgehead atoms. The molecular weight excluding hydrogens is 368 g/mol. The number of esters is 1. The highest BCUT2D eigenvalue weighted by Gasteiger charge is 2.48. The molecule has 0 radical (unpaired) electrons. The highest BCUT2D eigenvalue weighted by molar-refractivity contribution is 5.86. The standard InChI is InChI=1S/C23H22N2O4/c1-4-23(29-13(2)3)17-10-19-20-15(9-14-7-5-6-8-18(14)24-20)11-25(19)21(26)16(17)12-28-22(23)27/h5-10,13H,4,11-12H2,1-3H3/t23-/m0/s1. The van der Waals surface area contributed by atoms with Crippen molar-refractivity contribution in [2.24, 2.45) is 0 Å². The predicted molar refractivity (Wildman–Crippen MR) is 109 cm³/mol. The number of pyridine rings is 2. The summed E-state index contributed by atoms with van der Waals surface area (Å²) in [6.45, 7) is 6.07. The number of cyclic esters (lactones) is 1. The summed E-state index contributed by atoms with van der Waals surface area (Å²) in [5.41, 5.74) is 3.10. The van der Waals surface area contributed by atoms with Crippen molar-refractivity contribution in [1.29, 1.82) is 0 Å². The summed E-state index contributed by atoms with van der Waals surface area (Å²) in [5.74, 6) is -0.435. The van der Waals surface area contributed by atoms with Gasteiger partial charge in [-0.25, -0.2) is 9.78 Å². The van der Waals surface area contributed by atoms with Crippen LogP contribution < -0.4 is 5.56 Å². The van der Waals surface area contributed by atoms with Crippen molar-refractivity contribution in [3.05, 3.63) is 63.4 Å². The molecule has 3 aromatic rings. The minimum atomic E-state index is -1.27. The molecule has 29 heavy (non-hydrogen) atoms. The van der Waals surface area contributed by atoms with Crippen LogP contribution in [0.25, 0.3) is 22.3 Å². The molecule has 0 aliphatic carbocycles. The maximum Gasteiger partial charge on any atom is 0.343 e. The van der Waals surface area contributed by atoms with Gasteiger partial charge in [-0.15, -0.1) is 0 Å². The Morgan fingerprint density at radius 3 is 2.79 bits per heavy atom. The number of carbonyl (C=O) groups is 1. The topological polar surface area (TPSA) is 70.4 Å². The monoisotopic (exact) mass is 390 g/mol. The lowest BCUT2D eigenvalue weighted by molar-refractivity contribution is -0.187. The molecule has 0 saturated heterocycles. The van der Waals surface area contributed by atoms with E-state index < -0.39 is 11.6 Å². The molecule has 1 aromatic carbocycles. The summed E-state index contributed by atoms with van der Waals surface area (Å²) >= 11 is 0. The molecule has 2 aliphatic heterocycles. The first kappa shape index (κ1) is 18.1. The molecule has 0 fully saturated rings. The second-order valence-electron chi connectivity index (χ2n) is 7.93.